The fourth-order valence-electron chi connectivity index (χ4n) is 2.91. The molecule has 0 saturated heterocycles. The van der Waals surface area contributed by atoms with Crippen molar-refractivity contribution in [1.29, 1.82) is 0 Å². The zero-order valence-corrected chi connectivity index (χ0v) is 14.6. The zero-order valence-electron chi connectivity index (χ0n) is 13.8. The van der Waals surface area contributed by atoms with Gasteiger partial charge in [-0.05, 0) is 36.7 Å². The number of urea groups is 1. The average Bonchev–Trinajstić information content (AvgIpc) is 2.91. The molecule has 0 atom stereocenters. The number of halogens is 1. The molecular weight excluding hydrogens is 343 g/mol. The van der Waals surface area contributed by atoms with Crippen molar-refractivity contribution in [2.45, 2.75) is 19.9 Å². The van der Waals surface area contributed by atoms with Crippen LogP contribution in [0.15, 0.2) is 24.3 Å². The number of nitrogens with zero attached hydrogens (tertiary/aromatic N) is 1. The summed E-state index contributed by atoms with van der Waals surface area (Å²) in [7, 11) is 0. The highest BCUT2D eigenvalue weighted by Crippen LogP contribution is 2.36. The van der Waals surface area contributed by atoms with Crippen LogP contribution in [0, 0.1) is 5.82 Å². The number of hydrogen-bond acceptors (Lipinski definition) is 4. The molecule has 0 unspecified atom stereocenters. The fraction of sp³-hybridized carbons (Fsp3) is 0.294. The summed E-state index contributed by atoms with van der Waals surface area (Å²) in [5.74, 6) is -0.995. The first-order chi connectivity index (χ1) is 12.0. The van der Waals surface area contributed by atoms with Crippen LogP contribution in [0.1, 0.15) is 27.7 Å². The van der Waals surface area contributed by atoms with E-state index in [0.717, 1.165) is 36.5 Å². The number of primary amides is 1. The largest absolute Gasteiger partial charge is 0.365 e. The number of anilines is 2. The molecular formula is C17H19FN4O2S. The van der Waals surface area contributed by atoms with Crippen LogP contribution in [-0.2, 0) is 13.0 Å². The average molecular weight is 362 g/mol. The Morgan fingerprint density at radius 2 is 2.16 bits per heavy atom. The van der Waals surface area contributed by atoms with E-state index in [1.165, 1.54) is 29.5 Å². The Balaban J connectivity index is 1.81. The van der Waals surface area contributed by atoms with E-state index in [9.17, 15) is 14.0 Å². The van der Waals surface area contributed by atoms with E-state index in [2.05, 4.69) is 22.5 Å². The van der Waals surface area contributed by atoms with Gasteiger partial charge in [0.1, 0.15) is 10.8 Å². The van der Waals surface area contributed by atoms with Crippen LogP contribution in [0.25, 0.3) is 0 Å². The maximum atomic E-state index is 13.2. The van der Waals surface area contributed by atoms with Gasteiger partial charge in [-0.3, -0.25) is 15.0 Å². The van der Waals surface area contributed by atoms with Crippen molar-refractivity contribution < 1.29 is 14.0 Å². The Morgan fingerprint density at radius 3 is 2.84 bits per heavy atom. The molecule has 1 aliphatic heterocycles. The molecule has 8 heteroatoms. The van der Waals surface area contributed by atoms with E-state index in [0.29, 0.717) is 16.3 Å². The molecule has 4 N–H and O–H groups in total. The molecule has 0 radical (unpaired) electrons. The topological polar surface area (TPSA) is 87.5 Å². The van der Waals surface area contributed by atoms with Gasteiger partial charge in [0.2, 0.25) is 0 Å². The Morgan fingerprint density at radius 1 is 1.36 bits per heavy atom. The lowest BCUT2D eigenvalue weighted by Gasteiger charge is -2.25. The van der Waals surface area contributed by atoms with E-state index in [1.807, 2.05) is 0 Å². The Labute approximate surface area is 148 Å². The van der Waals surface area contributed by atoms with Crippen molar-refractivity contribution in [2.75, 3.05) is 23.7 Å². The highest BCUT2D eigenvalue weighted by atomic mass is 32.1. The van der Waals surface area contributed by atoms with Crippen molar-refractivity contribution in [3.05, 3.63) is 46.1 Å². The third-order valence-electron chi connectivity index (χ3n) is 4.14. The summed E-state index contributed by atoms with van der Waals surface area (Å²) < 4.78 is 13.2. The van der Waals surface area contributed by atoms with Crippen LogP contribution in [0.5, 0.6) is 0 Å². The summed E-state index contributed by atoms with van der Waals surface area (Å²) in [6, 6.07) is 5.05. The molecule has 1 aromatic carbocycles. The molecule has 0 aliphatic carbocycles. The molecule has 2 aromatic rings. The van der Waals surface area contributed by atoms with E-state index in [1.54, 1.807) is 6.07 Å². The molecule has 132 valence electrons. The van der Waals surface area contributed by atoms with Crippen LogP contribution in [0.2, 0.25) is 0 Å². The predicted molar refractivity (Wildman–Crippen MR) is 96.5 cm³/mol. The first kappa shape index (κ1) is 17.4. The third kappa shape index (κ3) is 3.80. The first-order valence-electron chi connectivity index (χ1n) is 7.98. The van der Waals surface area contributed by atoms with Crippen LogP contribution < -0.4 is 16.4 Å². The second-order valence-electron chi connectivity index (χ2n) is 5.78. The number of benzene rings is 1. The lowest BCUT2D eigenvalue weighted by Crippen LogP contribution is -2.30. The highest BCUT2D eigenvalue weighted by Gasteiger charge is 2.27. The lowest BCUT2D eigenvalue weighted by atomic mass is 10.0. The molecule has 0 bridgehead atoms. The summed E-state index contributed by atoms with van der Waals surface area (Å²) in [4.78, 5) is 27.4. The van der Waals surface area contributed by atoms with Crippen molar-refractivity contribution in [3.8, 4) is 0 Å². The number of amides is 3. The second kappa shape index (κ2) is 7.20. The molecule has 6 nitrogen and oxygen atoms in total. The maximum Gasteiger partial charge on any atom is 0.324 e. The number of likely N-dealkylation sites (N-methyl/N-ethyl adjacent to an activating group) is 1. The molecule has 3 rings (SSSR count). The van der Waals surface area contributed by atoms with Crippen LogP contribution in [0.3, 0.4) is 0 Å². The number of hydrogen-bond donors (Lipinski definition) is 3. The quantitative estimate of drug-likeness (QED) is 0.781. The van der Waals surface area contributed by atoms with Gasteiger partial charge in [0.05, 0.1) is 5.56 Å². The van der Waals surface area contributed by atoms with Crippen molar-refractivity contribution in [3.63, 3.8) is 0 Å². The summed E-state index contributed by atoms with van der Waals surface area (Å²) in [6.07, 6.45) is 0.727. The van der Waals surface area contributed by atoms with Crippen LogP contribution in [0.4, 0.5) is 19.9 Å². The van der Waals surface area contributed by atoms with Gasteiger partial charge in [-0.25, -0.2) is 9.18 Å². The number of thiophene rings is 1. The van der Waals surface area contributed by atoms with Crippen LogP contribution in [-0.4, -0.2) is 29.9 Å². The van der Waals surface area contributed by atoms with Gasteiger partial charge in [0, 0.05) is 23.7 Å². The van der Waals surface area contributed by atoms with Gasteiger partial charge in [0.25, 0.3) is 5.91 Å². The number of rotatable bonds is 4. The number of carbonyl (C=O) groups is 2. The van der Waals surface area contributed by atoms with E-state index in [4.69, 9.17) is 5.73 Å². The third-order valence-corrected chi connectivity index (χ3v) is 5.27. The Bertz CT molecular complexity index is 821. The van der Waals surface area contributed by atoms with Crippen molar-refractivity contribution in [2.24, 2.45) is 5.73 Å². The molecule has 25 heavy (non-hydrogen) atoms. The highest BCUT2D eigenvalue weighted by molar-refractivity contribution is 7.17. The SMILES string of the molecule is CCN1CCc2c(sc(NC(=O)Nc3cccc(F)c3)c2C(N)=O)C1. The lowest BCUT2D eigenvalue weighted by molar-refractivity contribution is 0.1000. The Hall–Kier alpha value is -2.45. The molecule has 0 saturated carbocycles. The summed E-state index contributed by atoms with van der Waals surface area (Å²) in [5, 5.41) is 5.66. The minimum Gasteiger partial charge on any atom is -0.365 e. The van der Waals surface area contributed by atoms with Crippen molar-refractivity contribution >= 4 is 34.0 Å². The first-order valence-corrected chi connectivity index (χ1v) is 8.79. The minimum absolute atomic E-state index is 0.330. The fourth-order valence-corrected chi connectivity index (χ4v) is 4.20. The number of carbonyl (C=O) groups excluding carboxylic acids is 2. The number of nitrogens with one attached hydrogen (secondary N) is 2. The standard InChI is InChI=1S/C17H19FN4O2S/c1-2-22-7-6-12-13(9-22)25-16(14(12)15(19)23)21-17(24)20-11-5-3-4-10(18)8-11/h3-5,8H,2,6-7,9H2,1H3,(H2,19,23)(H2,20,21,24). The van der Waals surface area contributed by atoms with Crippen LogP contribution >= 0.6 is 11.3 Å². The molecule has 3 amide bonds. The smallest absolute Gasteiger partial charge is 0.324 e. The van der Waals surface area contributed by atoms with Crippen molar-refractivity contribution in [1.82, 2.24) is 4.90 Å². The Kier molecular flexibility index (Phi) is 5.00. The summed E-state index contributed by atoms with van der Waals surface area (Å²) in [5.41, 5.74) is 7.16. The van der Waals surface area contributed by atoms with Gasteiger partial charge < -0.3 is 11.1 Å². The monoisotopic (exact) mass is 362 g/mol. The number of fused-ring (bicyclic) bond motifs is 1. The van der Waals surface area contributed by atoms with E-state index < -0.39 is 17.8 Å². The molecule has 1 aliphatic rings. The summed E-state index contributed by atoms with van der Waals surface area (Å²) in [6.45, 7) is 4.60. The van der Waals surface area contributed by atoms with E-state index in [-0.39, 0.29) is 0 Å². The van der Waals surface area contributed by atoms with Gasteiger partial charge in [-0.2, -0.15) is 0 Å². The van der Waals surface area contributed by atoms with E-state index >= 15 is 0 Å². The molecule has 1 aromatic heterocycles. The minimum atomic E-state index is -0.552. The normalized spacial score (nSPS) is 14.0. The zero-order chi connectivity index (χ0) is 18.0. The predicted octanol–water partition coefficient (Wildman–Crippen LogP) is 3.01. The van der Waals surface area contributed by atoms with Gasteiger partial charge >= 0.3 is 6.03 Å². The van der Waals surface area contributed by atoms with Gasteiger partial charge in [-0.1, -0.05) is 13.0 Å². The maximum absolute atomic E-state index is 13.2. The second-order valence-corrected chi connectivity index (χ2v) is 6.89. The molecule has 0 spiro atoms. The summed E-state index contributed by atoms with van der Waals surface area (Å²) >= 11 is 1.36. The number of nitrogens with two attached hydrogens (primary N) is 1. The van der Waals surface area contributed by atoms with Gasteiger partial charge in [-0.15, -0.1) is 11.3 Å². The van der Waals surface area contributed by atoms with Gasteiger partial charge in [0.15, 0.2) is 0 Å². The molecule has 2 heterocycles. The molecule has 0 fully saturated rings.